The van der Waals surface area contributed by atoms with Gasteiger partial charge in [-0.3, -0.25) is 13.9 Å². The van der Waals surface area contributed by atoms with Gasteiger partial charge in [-0.2, -0.15) is 0 Å². The smallest absolute Gasteiger partial charge is 0.242 e. The van der Waals surface area contributed by atoms with Crippen LogP contribution in [-0.2, 0) is 26.2 Å². The zero-order valence-electron chi connectivity index (χ0n) is 20.3. The second-order valence-corrected chi connectivity index (χ2v) is 10.6. The Balaban J connectivity index is 2.17. The molecule has 0 aliphatic heterocycles. The molecule has 0 bridgehead atoms. The van der Waals surface area contributed by atoms with Crippen LogP contribution in [0.2, 0.25) is 5.02 Å². The second-order valence-electron chi connectivity index (χ2n) is 8.31. The first-order chi connectivity index (χ1) is 16.1. The van der Waals surface area contributed by atoms with Crippen LogP contribution >= 0.6 is 11.6 Å². The number of aryl methyl sites for hydroxylation is 1. The van der Waals surface area contributed by atoms with E-state index in [0.29, 0.717) is 23.7 Å². The Bertz CT molecular complexity index is 1090. The molecule has 0 saturated carbocycles. The highest BCUT2D eigenvalue weighted by Gasteiger charge is 2.27. The predicted molar refractivity (Wildman–Crippen MR) is 137 cm³/mol. The lowest BCUT2D eigenvalue weighted by Gasteiger charge is -2.30. The van der Waals surface area contributed by atoms with E-state index in [1.807, 2.05) is 38.1 Å². The molecule has 1 N–H and O–H groups in total. The quantitative estimate of drug-likeness (QED) is 0.467. The predicted octanol–water partition coefficient (Wildman–Crippen LogP) is 4.14. The third-order valence-corrected chi connectivity index (χ3v) is 7.10. The third kappa shape index (κ3) is 7.74. The van der Waals surface area contributed by atoms with Gasteiger partial charge < -0.3 is 10.2 Å². The van der Waals surface area contributed by atoms with Crippen molar-refractivity contribution in [3.63, 3.8) is 0 Å². The minimum atomic E-state index is -3.53. The summed E-state index contributed by atoms with van der Waals surface area (Å²) >= 11 is 6.31. The van der Waals surface area contributed by atoms with Gasteiger partial charge >= 0.3 is 0 Å². The molecule has 1 atom stereocenters. The number of carbonyl (C=O) groups excluding carboxylic acids is 2. The first-order valence-corrected chi connectivity index (χ1v) is 13.6. The Morgan fingerprint density at radius 1 is 1.09 bits per heavy atom. The van der Waals surface area contributed by atoms with Gasteiger partial charge in [-0.1, -0.05) is 54.9 Å². The van der Waals surface area contributed by atoms with Gasteiger partial charge in [0.1, 0.15) is 6.04 Å². The lowest BCUT2D eigenvalue weighted by molar-refractivity contribution is -0.140. The molecular weight excluding hydrogens is 474 g/mol. The molecule has 2 aromatic rings. The number of hydrogen-bond acceptors (Lipinski definition) is 4. The van der Waals surface area contributed by atoms with Crippen LogP contribution in [0, 0.1) is 6.92 Å². The number of anilines is 1. The van der Waals surface area contributed by atoms with Crippen molar-refractivity contribution in [1.82, 2.24) is 10.2 Å². The van der Waals surface area contributed by atoms with Gasteiger partial charge in [-0.15, -0.1) is 0 Å². The number of benzene rings is 2. The molecule has 34 heavy (non-hydrogen) atoms. The molecule has 0 radical (unpaired) electrons. The van der Waals surface area contributed by atoms with Crippen LogP contribution in [0.3, 0.4) is 0 Å². The van der Waals surface area contributed by atoms with Crippen molar-refractivity contribution in [2.24, 2.45) is 0 Å². The van der Waals surface area contributed by atoms with Gasteiger partial charge in [0.2, 0.25) is 21.8 Å². The Morgan fingerprint density at radius 3 is 2.35 bits per heavy atom. The largest absolute Gasteiger partial charge is 0.354 e. The highest BCUT2D eigenvalue weighted by molar-refractivity contribution is 7.92. The Labute approximate surface area is 208 Å². The first-order valence-electron chi connectivity index (χ1n) is 11.4. The lowest BCUT2D eigenvalue weighted by atomic mass is 10.1. The Morgan fingerprint density at radius 2 is 1.74 bits per heavy atom. The maximum absolute atomic E-state index is 13.2. The van der Waals surface area contributed by atoms with E-state index in [2.05, 4.69) is 5.32 Å². The number of hydrogen-bond donors (Lipinski definition) is 1. The second kappa shape index (κ2) is 12.8. The fourth-order valence-electron chi connectivity index (χ4n) is 3.61. The van der Waals surface area contributed by atoms with Crippen molar-refractivity contribution < 1.29 is 18.0 Å². The molecule has 0 fully saturated rings. The molecule has 0 saturated heterocycles. The highest BCUT2D eigenvalue weighted by Crippen LogP contribution is 2.23. The molecule has 186 valence electrons. The van der Waals surface area contributed by atoms with E-state index >= 15 is 0 Å². The molecule has 0 aromatic heterocycles. The zero-order valence-corrected chi connectivity index (χ0v) is 21.8. The zero-order chi connectivity index (χ0) is 25.3. The summed E-state index contributed by atoms with van der Waals surface area (Å²) in [5.74, 6) is -0.475. The van der Waals surface area contributed by atoms with E-state index in [4.69, 9.17) is 11.6 Å². The number of nitrogens with zero attached hydrogens (tertiary/aromatic N) is 2. The molecule has 2 amide bonds. The Kier molecular flexibility index (Phi) is 10.4. The van der Waals surface area contributed by atoms with Crippen molar-refractivity contribution in [3.05, 3.63) is 64.7 Å². The number of sulfonamides is 1. The summed E-state index contributed by atoms with van der Waals surface area (Å²) in [6.07, 6.45) is 2.35. The topological polar surface area (TPSA) is 86.8 Å². The third-order valence-electron chi connectivity index (χ3n) is 5.55. The highest BCUT2D eigenvalue weighted by atomic mass is 35.5. The number of rotatable bonds is 12. The molecule has 9 heteroatoms. The van der Waals surface area contributed by atoms with E-state index in [-0.39, 0.29) is 31.3 Å². The van der Waals surface area contributed by atoms with Crippen LogP contribution < -0.4 is 9.62 Å². The van der Waals surface area contributed by atoms with Gasteiger partial charge in [0, 0.05) is 31.1 Å². The summed E-state index contributed by atoms with van der Waals surface area (Å²) in [5, 5.41) is 3.35. The molecule has 0 spiro atoms. The van der Waals surface area contributed by atoms with Gasteiger partial charge in [0.25, 0.3) is 0 Å². The van der Waals surface area contributed by atoms with Gasteiger partial charge in [-0.05, 0) is 49.9 Å². The van der Waals surface area contributed by atoms with E-state index in [1.54, 1.807) is 31.2 Å². The van der Waals surface area contributed by atoms with Gasteiger partial charge in [0.15, 0.2) is 0 Å². The summed E-state index contributed by atoms with van der Waals surface area (Å²) in [5.41, 5.74) is 2.17. The minimum absolute atomic E-state index is 0.0910. The minimum Gasteiger partial charge on any atom is -0.354 e. The molecule has 0 aliphatic carbocycles. The van der Waals surface area contributed by atoms with E-state index in [1.165, 1.54) is 9.21 Å². The van der Waals surface area contributed by atoms with Crippen molar-refractivity contribution in [2.45, 2.75) is 52.6 Å². The van der Waals surface area contributed by atoms with E-state index < -0.39 is 16.1 Å². The lowest BCUT2D eigenvalue weighted by Crippen LogP contribution is -2.48. The first kappa shape index (κ1) is 27.7. The van der Waals surface area contributed by atoms with Crippen molar-refractivity contribution in [1.29, 1.82) is 0 Å². The molecular formula is C25H34ClN3O4S. The summed E-state index contributed by atoms with van der Waals surface area (Å²) in [7, 11) is -3.53. The molecule has 0 unspecified atom stereocenters. The number of para-hydroxylation sites is 1. The number of amides is 2. The maximum atomic E-state index is 13.2. The standard InChI is InChI=1S/C25H34ClN3O4S/c1-5-16-27-25(31)20(3)28(18-21-12-7-8-13-22(21)26)24(30)15-10-17-29(34(4,32)33)23-14-9-6-11-19(23)2/h6-9,11-14,20H,5,10,15-18H2,1-4H3,(H,27,31)/t20-/m1/s1. The van der Waals surface area contributed by atoms with Crippen LogP contribution in [-0.4, -0.2) is 50.5 Å². The van der Waals surface area contributed by atoms with Crippen molar-refractivity contribution in [2.75, 3.05) is 23.7 Å². The fourth-order valence-corrected chi connectivity index (χ4v) is 4.83. The van der Waals surface area contributed by atoms with E-state index in [0.717, 1.165) is 23.8 Å². The summed E-state index contributed by atoms with van der Waals surface area (Å²) in [6.45, 7) is 6.37. The number of nitrogens with one attached hydrogen (secondary N) is 1. The molecule has 2 rings (SSSR count). The summed E-state index contributed by atoms with van der Waals surface area (Å²) < 4.78 is 26.2. The SMILES string of the molecule is CCCNC(=O)[C@@H](C)N(Cc1ccccc1Cl)C(=O)CCCN(c1ccccc1C)S(C)(=O)=O. The summed E-state index contributed by atoms with van der Waals surface area (Å²) in [6, 6.07) is 13.7. The van der Waals surface area contributed by atoms with Crippen molar-refractivity contribution >= 4 is 39.1 Å². The van der Waals surface area contributed by atoms with Crippen LogP contribution in [0.5, 0.6) is 0 Å². The Hall–Kier alpha value is -2.58. The number of halogens is 1. The van der Waals surface area contributed by atoms with E-state index in [9.17, 15) is 18.0 Å². The summed E-state index contributed by atoms with van der Waals surface area (Å²) in [4.78, 5) is 27.4. The molecule has 2 aromatic carbocycles. The van der Waals surface area contributed by atoms with Crippen molar-refractivity contribution in [3.8, 4) is 0 Å². The molecule has 7 nitrogen and oxygen atoms in total. The molecule has 0 aliphatic rings. The normalized spacial score (nSPS) is 12.1. The monoisotopic (exact) mass is 507 g/mol. The molecule has 0 heterocycles. The average Bonchev–Trinajstić information content (AvgIpc) is 2.79. The van der Waals surface area contributed by atoms with Gasteiger partial charge in [-0.25, -0.2) is 8.42 Å². The maximum Gasteiger partial charge on any atom is 0.242 e. The average molecular weight is 508 g/mol. The van der Waals surface area contributed by atoms with Crippen LogP contribution in [0.4, 0.5) is 5.69 Å². The number of carbonyl (C=O) groups is 2. The van der Waals surface area contributed by atoms with Crippen LogP contribution in [0.1, 0.15) is 44.2 Å². The fraction of sp³-hybridized carbons (Fsp3) is 0.440. The van der Waals surface area contributed by atoms with Crippen LogP contribution in [0.15, 0.2) is 48.5 Å². The van der Waals surface area contributed by atoms with Crippen LogP contribution in [0.25, 0.3) is 0 Å². The van der Waals surface area contributed by atoms with Gasteiger partial charge in [0.05, 0.1) is 11.9 Å².